The molecule has 0 saturated carbocycles. The zero-order valence-electron chi connectivity index (χ0n) is 17.6. The van der Waals surface area contributed by atoms with Gasteiger partial charge in [-0.15, -0.1) is 0 Å². The number of nitrogens with two attached hydrogens (primary N) is 1. The molecule has 1 saturated heterocycles. The van der Waals surface area contributed by atoms with Gasteiger partial charge in [0.1, 0.15) is 18.1 Å². The highest BCUT2D eigenvalue weighted by atomic mass is 32.2. The Morgan fingerprint density at radius 3 is 2.55 bits per heavy atom. The lowest BCUT2D eigenvalue weighted by atomic mass is 9.95. The Kier molecular flexibility index (Phi) is 5.77. The molecule has 2 N–H and O–H groups in total. The smallest absolute Gasteiger partial charge is 0.264 e. The lowest BCUT2D eigenvalue weighted by molar-refractivity contribution is -0.239. The van der Waals surface area contributed by atoms with Gasteiger partial charge in [-0.1, -0.05) is 20.8 Å². The SMILES string of the molecule is CC(C)(C)[Si](C)(C)OCC1OC(n2cnc3c(N)ncnc32)C1COS(C)(=O)=O. The fourth-order valence-corrected chi connectivity index (χ4v) is 4.28. The van der Waals surface area contributed by atoms with Gasteiger partial charge in [-0.05, 0) is 18.1 Å². The van der Waals surface area contributed by atoms with Crippen LogP contribution >= 0.6 is 0 Å². The van der Waals surface area contributed by atoms with Crippen LogP contribution in [0.5, 0.6) is 0 Å². The molecule has 0 radical (unpaired) electrons. The zero-order valence-corrected chi connectivity index (χ0v) is 19.4. The van der Waals surface area contributed by atoms with Crippen LogP contribution in [0.15, 0.2) is 12.7 Å². The van der Waals surface area contributed by atoms with Crippen molar-refractivity contribution < 1.29 is 21.8 Å². The Labute approximate surface area is 172 Å². The summed E-state index contributed by atoms with van der Waals surface area (Å²) < 4.78 is 42.2. The maximum Gasteiger partial charge on any atom is 0.264 e. The molecule has 0 spiro atoms. The maximum atomic E-state index is 11.5. The van der Waals surface area contributed by atoms with Crippen molar-refractivity contribution in [2.45, 2.75) is 51.2 Å². The predicted octanol–water partition coefficient (Wildman–Crippen LogP) is 1.92. The molecule has 2 aromatic heterocycles. The monoisotopic (exact) mass is 443 g/mol. The van der Waals surface area contributed by atoms with Crippen molar-refractivity contribution in [3.63, 3.8) is 0 Å². The predicted molar refractivity (Wildman–Crippen MR) is 111 cm³/mol. The average molecular weight is 444 g/mol. The summed E-state index contributed by atoms with van der Waals surface area (Å²) in [7, 11) is -5.56. The van der Waals surface area contributed by atoms with E-state index in [4.69, 9.17) is 19.1 Å². The van der Waals surface area contributed by atoms with Crippen LogP contribution in [-0.4, -0.2) is 61.8 Å². The molecule has 1 aliphatic heterocycles. The highest BCUT2D eigenvalue weighted by molar-refractivity contribution is 7.85. The molecule has 162 valence electrons. The van der Waals surface area contributed by atoms with E-state index in [1.807, 2.05) is 0 Å². The summed E-state index contributed by atoms with van der Waals surface area (Å²) in [6, 6.07) is 0. The molecule has 3 heterocycles. The molecular weight excluding hydrogens is 414 g/mol. The third-order valence-corrected chi connectivity index (χ3v) is 10.8. The number of ether oxygens (including phenoxy) is 1. The van der Waals surface area contributed by atoms with Crippen LogP contribution in [0.2, 0.25) is 18.1 Å². The van der Waals surface area contributed by atoms with E-state index >= 15 is 0 Å². The molecule has 3 unspecified atom stereocenters. The van der Waals surface area contributed by atoms with E-state index in [0.29, 0.717) is 17.8 Å². The second-order valence-corrected chi connectivity index (χ2v) is 15.3. The van der Waals surface area contributed by atoms with E-state index in [1.54, 1.807) is 10.9 Å². The second-order valence-electron chi connectivity index (χ2n) is 8.87. The van der Waals surface area contributed by atoms with Crippen LogP contribution in [-0.2, 0) is 23.5 Å². The molecule has 0 aliphatic carbocycles. The number of anilines is 1. The van der Waals surface area contributed by atoms with Gasteiger partial charge < -0.3 is 14.9 Å². The summed E-state index contributed by atoms with van der Waals surface area (Å²) >= 11 is 0. The summed E-state index contributed by atoms with van der Waals surface area (Å²) in [6.07, 6.45) is 3.17. The summed E-state index contributed by atoms with van der Waals surface area (Å²) in [5.41, 5.74) is 6.85. The molecule has 1 fully saturated rings. The van der Waals surface area contributed by atoms with Gasteiger partial charge in [0, 0.05) is 0 Å². The highest BCUT2D eigenvalue weighted by Gasteiger charge is 2.47. The quantitative estimate of drug-likeness (QED) is 0.503. The number of aromatic nitrogens is 4. The molecule has 0 amide bonds. The van der Waals surface area contributed by atoms with Crippen molar-refractivity contribution in [2.75, 3.05) is 25.2 Å². The molecule has 10 nitrogen and oxygen atoms in total. The molecule has 3 rings (SSSR count). The van der Waals surface area contributed by atoms with E-state index in [2.05, 4.69) is 48.8 Å². The minimum Gasteiger partial charge on any atom is -0.414 e. The summed E-state index contributed by atoms with van der Waals surface area (Å²) in [5, 5.41) is 0.0594. The van der Waals surface area contributed by atoms with Crippen molar-refractivity contribution in [3.8, 4) is 0 Å². The average Bonchev–Trinajstić information content (AvgIpc) is 2.97. The lowest BCUT2D eigenvalue weighted by Gasteiger charge is -2.46. The van der Waals surface area contributed by atoms with Crippen molar-refractivity contribution in [1.29, 1.82) is 0 Å². The van der Waals surface area contributed by atoms with Gasteiger partial charge in [0.15, 0.2) is 19.8 Å². The van der Waals surface area contributed by atoms with Crippen molar-refractivity contribution in [1.82, 2.24) is 19.5 Å². The van der Waals surface area contributed by atoms with Crippen molar-refractivity contribution in [2.24, 2.45) is 5.92 Å². The minimum absolute atomic E-state index is 0.0186. The first-order valence-corrected chi connectivity index (χ1v) is 14.1. The molecule has 1 aliphatic rings. The highest BCUT2D eigenvalue weighted by Crippen LogP contribution is 2.42. The van der Waals surface area contributed by atoms with Crippen LogP contribution in [0.25, 0.3) is 11.2 Å². The molecule has 0 aromatic carbocycles. The van der Waals surface area contributed by atoms with Crippen LogP contribution < -0.4 is 5.73 Å². The van der Waals surface area contributed by atoms with Crippen LogP contribution in [0.3, 0.4) is 0 Å². The Hall–Kier alpha value is -1.60. The number of hydrogen-bond donors (Lipinski definition) is 1. The van der Waals surface area contributed by atoms with Crippen LogP contribution in [0.1, 0.15) is 27.0 Å². The van der Waals surface area contributed by atoms with Gasteiger partial charge >= 0.3 is 0 Å². The van der Waals surface area contributed by atoms with Gasteiger partial charge in [0.05, 0.1) is 37.8 Å². The van der Waals surface area contributed by atoms with Crippen molar-refractivity contribution >= 4 is 35.4 Å². The number of hydrogen-bond acceptors (Lipinski definition) is 9. The number of fused-ring (bicyclic) bond motifs is 1. The summed E-state index contributed by atoms with van der Waals surface area (Å²) in [6.45, 7) is 11.2. The molecule has 2 aromatic rings. The van der Waals surface area contributed by atoms with Crippen LogP contribution in [0, 0.1) is 5.92 Å². The molecular formula is C17H29N5O5SSi. The van der Waals surface area contributed by atoms with E-state index in [0.717, 1.165) is 6.26 Å². The van der Waals surface area contributed by atoms with Crippen LogP contribution in [0.4, 0.5) is 5.82 Å². The Morgan fingerprint density at radius 2 is 1.93 bits per heavy atom. The number of imidazole rings is 1. The first kappa shape index (κ1) is 22.1. The number of rotatable bonds is 7. The molecule has 3 atom stereocenters. The topological polar surface area (TPSA) is 131 Å². The van der Waals surface area contributed by atoms with Gasteiger partial charge in [-0.3, -0.25) is 8.75 Å². The first-order valence-electron chi connectivity index (χ1n) is 9.37. The van der Waals surface area contributed by atoms with E-state index < -0.39 is 24.7 Å². The normalized spacial score (nSPS) is 23.3. The fourth-order valence-electron chi connectivity index (χ4n) is 2.86. The Bertz CT molecular complexity index is 988. The first-order chi connectivity index (χ1) is 13.3. The van der Waals surface area contributed by atoms with E-state index in [9.17, 15) is 8.42 Å². The van der Waals surface area contributed by atoms with Crippen molar-refractivity contribution in [3.05, 3.63) is 12.7 Å². The maximum absolute atomic E-state index is 11.5. The zero-order chi connectivity index (χ0) is 21.6. The van der Waals surface area contributed by atoms with Gasteiger partial charge in [-0.2, -0.15) is 8.42 Å². The molecule has 0 bridgehead atoms. The minimum atomic E-state index is -3.59. The lowest BCUT2D eigenvalue weighted by Crippen LogP contribution is -2.53. The number of nitrogens with zero attached hydrogens (tertiary/aromatic N) is 4. The summed E-state index contributed by atoms with van der Waals surface area (Å²) in [5.74, 6) is 0.0258. The fraction of sp³-hybridized carbons (Fsp3) is 0.706. The Morgan fingerprint density at radius 1 is 1.24 bits per heavy atom. The summed E-state index contributed by atoms with van der Waals surface area (Å²) in [4.78, 5) is 12.4. The van der Waals surface area contributed by atoms with E-state index in [-0.39, 0.29) is 29.5 Å². The largest absolute Gasteiger partial charge is 0.414 e. The van der Waals surface area contributed by atoms with Gasteiger partial charge in [0.25, 0.3) is 10.1 Å². The molecule has 12 heteroatoms. The Balaban J connectivity index is 1.80. The van der Waals surface area contributed by atoms with Gasteiger partial charge in [0.2, 0.25) is 0 Å². The molecule has 29 heavy (non-hydrogen) atoms. The van der Waals surface area contributed by atoms with Gasteiger partial charge in [-0.25, -0.2) is 15.0 Å². The van der Waals surface area contributed by atoms with E-state index in [1.165, 1.54) is 6.33 Å². The second kappa shape index (κ2) is 7.58. The number of nitrogen functional groups attached to an aromatic ring is 1. The third kappa shape index (κ3) is 4.61. The standard InChI is InChI=1S/C17H29N5O5SSi/c1-17(2,3)29(5,6)26-8-12-11(7-25-28(4,23)24)16(27-12)22-10-21-13-14(18)19-9-20-15(13)22/h9-12,16H,7-8H2,1-6H3,(H2,18,19,20). The third-order valence-electron chi connectivity index (χ3n) is 5.71.